The number of sulfonamides is 1. The third-order valence-corrected chi connectivity index (χ3v) is 6.37. The van der Waals surface area contributed by atoms with Crippen molar-refractivity contribution in [2.24, 2.45) is 0 Å². The highest BCUT2D eigenvalue weighted by Gasteiger charge is 2.17. The van der Waals surface area contributed by atoms with Gasteiger partial charge in [-0.15, -0.1) is 0 Å². The summed E-state index contributed by atoms with van der Waals surface area (Å²) in [5.41, 5.74) is 1.97. The predicted octanol–water partition coefficient (Wildman–Crippen LogP) is 4.24. The first kappa shape index (κ1) is 18.0. The van der Waals surface area contributed by atoms with Crippen LogP contribution in [0, 0.1) is 6.92 Å². The van der Waals surface area contributed by atoms with Gasteiger partial charge in [-0.05, 0) is 55.3 Å². The van der Waals surface area contributed by atoms with Crippen LogP contribution in [0.5, 0.6) is 0 Å². The first-order chi connectivity index (χ1) is 11.8. The van der Waals surface area contributed by atoms with Crippen molar-refractivity contribution >= 4 is 48.9 Å². The molecule has 5 nitrogen and oxygen atoms in total. The molecule has 0 radical (unpaired) electrons. The van der Waals surface area contributed by atoms with Crippen LogP contribution in [-0.2, 0) is 16.6 Å². The number of nitrogens with zero attached hydrogens (tertiary/aromatic N) is 1. The molecule has 1 N–H and O–H groups in total. The number of aryl methyl sites for hydroxylation is 2. The minimum atomic E-state index is -3.75. The summed E-state index contributed by atoms with van der Waals surface area (Å²) in [6.07, 6.45) is 0.836. The van der Waals surface area contributed by atoms with Crippen molar-refractivity contribution in [3.05, 3.63) is 56.7 Å². The molecule has 3 rings (SSSR count). The summed E-state index contributed by atoms with van der Waals surface area (Å²) in [7, 11) is -3.75. The molecule has 0 amide bonds. The van der Waals surface area contributed by atoms with E-state index in [1.54, 1.807) is 41.8 Å². The van der Waals surface area contributed by atoms with Gasteiger partial charge in [-0.25, -0.2) is 8.42 Å². The monoisotopic (exact) mass is 396 g/mol. The van der Waals surface area contributed by atoms with Gasteiger partial charge in [-0.3, -0.25) is 14.1 Å². The van der Waals surface area contributed by atoms with Gasteiger partial charge in [-0.1, -0.05) is 29.9 Å². The molecule has 0 aliphatic carbocycles. The number of fused-ring (bicyclic) bond motifs is 1. The number of nitrogens with one attached hydrogen (secondary N) is 1. The zero-order valence-corrected chi connectivity index (χ0v) is 16.1. The third-order valence-electron chi connectivity index (χ3n) is 3.83. The summed E-state index contributed by atoms with van der Waals surface area (Å²) >= 11 is 6.96. The van der Waals surface area contributed by atoms with Gasteiger partial charge in [0.1, 0.15) is 0 Å². The zero-order chi connectivity index (χ0) is 18.2. The Morgan fingerprint density at radius 2 is 1.96 bits per heavy atom. The average molecular weight is 397 g/mol. The molecule has 3 aromatic rings. The van der Waals surface area contributed by atoms with Gasteiger partial charge in [0.2, 0.25) is 0 Å². The maximum Gasteiger partial charge on any atom is 0.308 e. The number of aromatic nitrogens is 1. The van der Waals surface area contributed by atoms with E-state index in [9.17, 15) is 13.2 Å². The summed E-state index contributed by atoms with van der Waals surface area (Å²) < 4.78 is 30.3. The van der Waals surface area contributed by atoms with Crippen LogP contribution in [0.3, 0.4) is 0 Å². The van der Waals surface area contributed by atoms with E-state index in [0.29, 0.717) is 22.0 Å². The van der Waals surface area contributed by atoms with Crippen molar-refractivity contribution < 1.29 is 8.42 Å². The second-order valence-corrected chi connectivity index (χ2v) is 8.83. The molecule has 0 saturated carbocycles. The molecular weight excluding hydrogens is 380 g/mol. The van der Waals surface area contributed by atoms with Crippen molar-refractivity contribution in [3.63, 3.8) is 0 Å². The van der Waals surface area contributed by atoms with E-state index in [1.165, 1.54) is 6.07 Å². The molecule has 0 atom stereocenters. The van der Waals surface area contributed by atoms with Crippen molar-refractivity contribution in [2.75, 3.05) is 4.72 Å². The highest BCUT2D eigenvalue weighted by Crippen LogP contribution is 2.26. The summed E-state index contributed by atoms with van der Waals surface area (Å²) in [6, 6.07) is 9.71. The topological polar surface area (TPSA) is 68.2 Å². The smallest absolute Gasteiger partial charge is 0.299 e. The lowest BCUT2D eigenvalue weighted by molar-refractivity contribution is 0.601. The Bertz CT molecular complexity index is 1100. The third kappa shape index (κ3) is 3.58. The molecule has 0 fully saturated rings. The number of anilines is 1. The molecule has 0 saturated heterocycles. The largest absolute Gasteiger partial charge is 0.308 e. The minimum Gasteiger partial charge on any atom is -0.299 e. The van der Waals surface area contributed by atoms with Crippen LogP contribution >= 0.6 is 22.9 Å². The van der Waals surface area contributed by atoms with Crippen LogP contribution < -0.4 is 9.60 Å². The summed E-state index contributed by atoms with van der Waals surface area (Å²) in [5.74, 6) is 0. The van der Waals surface area contributed by atoms with E-state index in [0.717, 1.165) is 28.8 Å². The first-order valence-electron chi connectivity index (χ1n) is 7.74. The van der Waals surface area contributed by atoms with E-state index in [2.05, 4.69) is 4.72 Å². The van der Waals surface area contributed by atoms with E-state index in [1.807, 2.05) is 6.92 Å². The van der Waals surface area contributed by atoms with Gasteiger partial charge in [0.15, 0.2) is 0 Å². The van der Waals surface area contributed by atoms with Gasteiger partial charge in [0, 0.05) is 11.6 Å². The Hall–Kier alpha value is -1.83. The minimum absolute atomic E-state index is 0.0760. The number of hydrogen-bond acceptors (Lipinski definition) is 4. The molecule has 2 aromatic carbocycles. The standard InChI is InChI=1S/C17H17ClN2O3S2/c1-3-8-20-15-7-5-13(10-16(15)24-17(20)21)25(22,23)19-14-6-4-12(18)9-11(14)2/h4-7,9-10,19H,3,8H2,1-2H3. The van der Waals surface area contributed by atoms with Gasteiger partial charge in [0.25, 0.3) is 10.0 Å². The zero-order valence-electron chi connectivity index (χ0n) is 13.7. The van der Waals surface area contributed by atoms with Gasteiger partial charge >= 0.3 is 4.87 Å². The van der Waals surface area contributed by atoms with Gasteiger partial charge in [-0.2, -0.15) is 0 Å². The number of benzene rings is 2. The fourth-order valence-electron chi connectivity index (χ4n) is 2.59. The first-order valence-corrected chi connectivity index (χ1v) is 10.4. The maximum atomic E-state index is 12.7. The lowest BCUT2D eigenvalue weighted by Crippen LogP contribution is -2.14. The molecule has 0 bridgehead atoms. The Kier molecular flexibility index (Phi) is 4.90. The van der Waals surface area contributed by atoms with Crippen molar-refractivity contribution in [1.82, 2.24) is 4.57 Å². The molecule has 0 aliphatic heterocycles. The maximum absolute atomic E-state index is 12.7. The van der Waals surface area contributed by atoms with Gasteiger partial charge in [0.05, 0.1) is 20.8 Å². The van der Waals surface area contributed by atoms with Crippen molar-refractivity contribution in [3.8, 4) is 0 Å². The van der Waals surface area contributed by atoms with E-state index >= 15 is 0 Å². The van der Waals surface area contributed by atoms with Crippen LogP contribution in [-0.4, -0.2) is 13.0 Å². The number of hydrogen-bond donors (Lipinski definition) is 1. The molecule has 0 spiro atoms. The fourth-order valence-corrected chi connectivity index (χ4v) is 5.01. The van der Waals surface area contributed by atoms with E-state index in [-0.39, 0.29) is 9.77 Å². The van der Waals surface area contributed by atoms with Crippen molar-refractivity contribution in [1.29, 1.82) is 0 Å². The second kappa shape index (κ2) is 6.82. The van der Waals surface area contributed by atoms with Gasteiger partial charge < -0.3 is 0 Å². The summed E-state index contributed by atoms with van der Waals surface area (Å²) in [4.78, 5) is 12.1. The highest BCUT2D eigenvalue weighted by molar-refractivity contribution is 7.92. The lowest BCUT2D eigenvalue weighted by Gasteiger charge is -2.11. The number of halogens is 1. The molecular formula is C17H17ClN2O3S2. The van der Waals surface area contributed by atoms with E-state index in [4.69, 9.17) is 11.6 Å². The van der Waals surface area contributed by atoms with Crippen LogP contribution in [0.15, 0.2) is 46.1 Å². The Morgan fingerprint density at radius 1 is 1.20 bits per heavy atom. The molecule has 25 heavy (non-hydrogen) atoms. The summed E-state index contributed by atoms with van der Waals surface area (Å²) in [5, 5.41) is 0.545. The van der Waals surface area contributed by atoms with Crippen molar-refractivity contribution in [2.45, 2.75) is 31.7 Å². The van der Waals surface area contributed by atoms with Crippen LogP contribution in [0.4, 0.5) is 5.69 Å². The second-order valence-electron chi connectivity index (χ2n) is 5.71. The predicted molar refractivity (Wildman–Crippen MR) is 103 cm³/mol. The Balaban J connectivity index is 2.01. The highest BCUT2D eigenvalue weighted by atomic mass is 35.5. The normalized spacial score (nSPS) is 11.8. The fraction of sp³-hybridized carbons (Fsp3) is 0.235. The molecule has 0 aliphatic rings. The van der Waals surface area contributed by atoms with E-state index < -0.39 is 10.0 Å². The van der Waals surface area contributed by atoms with Crippen LogP contribution in [0.1, 0.15) is 18.9 Å². The molecule has 8 heteroatoms. The number of thiazole rings is 1. The average Bonchev–Trinajstić information content (AvgIpc) is 2.86. The quantitative estimate of drug-likeness (QED) is 0.701. The molecule has 1 heterocycles. The SMILES string of the molecule is CCCn1c(=O)sc2cc(S(=O)(=O)Nc3ccc(Cl)cc3C)ccc21. The molecule has 132 valence electrons. The summed E-state index contributed by atoms with van der Waals surface area (Å²) in [6.45, 7) is 4.39. The van der Waals surface area contributed by atoms with Crippen LogP contribution in [0.2, 0.25) is 5.02 Å². The Labute approximate surface area is 154 Å². The van der Waals surface area contributed by atoms with Crippen LogP contribution in [0.25, 0.3) is 10.2 Å². The Morgan fingerprint density at radius 3 is 2.64 bits per heavy atom. The lowest BCUT2D eigenvalue weighted by atomic mass is 10.2. The number of rotatable bonds is 5. The molecule has 1 aromatic heterocycles. The molecule has 0 unspecified atom stereocenters.